The summed E-state index contributed by atoms with van der Waals surface area (Å²) < 4.78 is 33.1. The van der Waals surface area contributed by atoms with E-state index in [2.05, 4.69) is 10.2 Å². The van der Waals surface area contributed by atoms with Crippen LogP contribution in [0.1, 0.15) is 18.4 Å². The first-order chi connectivity index (χ1) is 11.1. The Bertz CT molecular complexity index is 804. The van der Waals surface area contributed by atoms with Crippen molar-refractivity contribution in [2.75, 3.05) is 13.2 Å². The van der Waals surface area contributed by atoms with E-state index < -0.39 is 10.0 Å². The first-order valence-electron chi connectivity index (χ1n) is 7.76. The Hall–Kier alpha value is -1.93. The monoisotopic (exact) mass is 334 g/mol. The van der Waals surface area contributed by atoms with Gasteiger partial charge in [0.1, 0.15) is 5.75 Å². The van der Waals surface area contributed by atoms with E-state index in [1.807, 2.05) is 0 Å². The first kappa shape index (κ1) is 14.6. The quantitative estimate of drug-likeness (QED) is 0.836. The zero-order valence-electron chi connectivity index (χ0n) is 12.6. The van der Waals surface area contributed by atoms with Crippen LogP contribution < -0.4 is 4.74 Å². The van der Waals surface area contributed by atoms with E-state index >= 15 is 0 Å². The summed E-state index contributed by atoms with van der Waals surface area (Å²) in [5.41, 5.74) is 0.968. The van der Waals surface area contributed by atoms with Gasteiger partial charge in [0, 0.05) is 19.0 Å². The Kier molecular flexibility index (Phi) is 3.57. The molecule has 23 heavy (non-hydrogen) atoms. The third kappa shape index (κ3) is 2.61. The fourth-order valence-electron chi connectivity index (χ4n) is 3.29. The molecule has 3 heterocycles. The molecule has 7 nitrogen and oxygen atoms in total. The molecule has 0 amide bonds. The van der Waals surface area contributed by atoms with Gasteiger partial charge in [-0.3, -0.25) is 0 Å². The number of benzene rings is 1. The first-order valence-corrected chi connectivity index (χ1v) is 9.20. The topological polar surface area (TPSA) is 77.3 Å². The van der Waals surface area contributed by atoms with Crippen LogP contribution in [-0.2, 0) is 23.0 Å². The van der Waals surface area contributed by atoms with Crippen molar-refractivity contribution in [1.82, 2.24) is 19.3 Å². The summed E-state index contributed by atoms with van der Waals surface area (Å²) in [5, 5.41) is 8.17. The molecule has 1 aromatic carbocycles. The van der Waals surface area contributed by atoms with Gasteiger partial charge in [0.15, 0.2) is 0 Å². The molecule has 1 fully saturated rings. The highest BCUT2D eigenvalue weighted by molar-refractivity contribution is 7.89. The number of fused-ring (bicyclic) bond motifs is 1. The standard InChI is InChI=1S/C15H18N4O3S/c20-23(21,14-3-4-15-12(10-14)5-9-22-15)18-8-1-2-13(18)11-19-16-6-7-17-19/h3-4,6-7,10,13H,1-2,5,8-9,11H2/t13-/m1/s1. The zero-order chi connectivity index (χ0) is 15.9. The Morgan fingerprint density at radius 2 is 2.09 bits per heavy atom. The Morgan fingerprint density at radius 3 is 2.91 bits per heavy atom. The molecule has 2 aliphatic rings. The molecule has 2 aliphatic heterocycles. The van der Waals surface area contributed by atoms with Crippen molar-refractivity contribution in [2.24, 2.45) is 0 Å². The van der Waals surface area contributed by atoms with Crippen molar-refractivity contribution >= 4 is 10.0 Å². The largest absolute Gasteiger partial charge is 0.493 e. The van der Waals surface area contributed by atoms with Crippen LogP contribution in [0.25, 0.3) is 0 Å². The van der Waals surface area contributed by atoms with E-state index in [1.165, 1.54) is 0 Å². The van der Waals surface area contributed by atoms with Crippen LogP contribution in [-0.4, -0.2) is 46.9 Å². The van der Waals surface area contributed by atoms with Crippen molar-refractivity contribution in [1.29, 1.82) is 0 Å². The molecule has 0 saturated carbocycles. The highest BCUT2D eigenvalue weighted by Gasteiger charge is 2.36. The van der Waals surface area contributed by atoms with Crippen LogP contribution in [0.4, 0.5) is 0 Å². The summed E-state index contributed by atoms with van der Waals surface area (Å²) in [5.74, 6) is 0.794. The smallest absolute Gasteiger partial charge is 0.243 e. The van der Waals surface area contributed by atoms with Gasteiger partial charge >= 0.3 is 0 Å². The number of ether oxygens (including phenoxy) is 1. The molecular formula is C15H18N4O3S. The van der Waals surface area contributed by atoms with Crippen molar-refractivity contribution in [3.63, 3.8) is 0 Å². The fraction of sp³-hybridized carbons (Fsp3) is 0.467. The van der Waals surface area contributed by atoms with Crippen molar-refractivity contribution < 1.29 is 13.2 Å². The normalized spacial score (nSPS) is 21.3. The number of hydrogen-bond donors (Lipinski definition) is 0. The highest BCUT2D eigenvalue weighted by Crippen LogP contribution is 2.31. The lowest BCUT2D eigenvalue weighted by Crippen LogP contribution is -2.38. The number of sulfonamides is 1. The summed E-state index contributed by atoms with van der Waals surface area (Å²) in [6, 6.07) is 5.05. The fourth-order valence-corrected chi connectivity index (χ4v) is 5.03. The minimum Gasteiger partial charge on any atom is -0.493 e. The van der Waals surface area contributed by atoms with Gasteiger partial charge in [-0.15, -0.1) is 0 Å². The van der Waals surface area contributed by atoms with Gasteiger partial charge in [-0.1, -0.05) is 0 Å². The van der Waals surface area contributed by atoms with E-state index in [1.54, 1.807) is 39.7 Å². The molecule has 0 spiro atoms. The Morgan fingerprint density at radius 1 is 1.26 bits per heavy atom. The van der Waals surface area contributed by atoms with Gasteiger partial charge in [0.25, 0.3) is 0 Å². The molecule has 122 valence electrons. The van der Waals surface area contributed by atoms with Crippen LogP contribution in [0.15, 0.2) is 35.5 Å². The predicted octanol–water partition coefficient (Wildman–Crippen LogP) is 1.07. The zero-order valence-corrected chi connectivity index (χ0v) is 13.4. The van der Waals surface area contributed by atoms with Gasteiger partial charge in [-0.25, -0.2) is 8.42 Å². The van der Waals surface area contributed by atoms with Gasteiger partial charge in [-0.05, 0) is 36.6 Å². The van der Waals surface area contributed by atoms with E-state index in [0.717, 1.165) is 30.6 Å². The van der Waals surface area contributed by atoms with E-state index in [0.29, 0.717) is 24.6 Å². The maximum atomic E-state index is 13.0. The number of aromatic nitrogens is 3. The lowest BCUT2D eigenvalue weighted by Gasteiger charge is -2.23. The van der Waals surface area contributed by atoms with Crippen LogP contribution in [0, 0.1) is 0 Å². The van der Waals surface area contributed by atoms with Gasteiger partial charge < -0.3 is 4.74 Å². The summed E-state index contributed by atoms with van der Waals surface area (Å²) in [6.07, 6.45) is 5.66. The summed E-state index contributed by atoms with van der Waals surface area (Å²) in [7, 11) is -3.50. The Balaban J connectivity index is 1.62. The molecule has 4 rings (SSSR count). The molecule has 8 heteroatoms. The molecule has 1 atom stereocenters. The molecule has 0 bridgehead atoms. The van der Waals surface area contributed by atoms with Crippen LogP contribution in [0.3, 0.4) is 0 Å². The van der Waals surface area contributed by atoms with Crippen molar-refractivity contribution in [2.45, 2.75) is 36.7 Å². The molecule has 2 aromatic rings. The minimum atomic E-state index is -3.50. The molecule has 0 radical (unpaired) electrons. The third-order valence-corrected chi connectivity index (χ3v) is 6.38. The third-order valence-electron chi connectivity index (χ3n) is 4.43. The number of rotatable bonds is 4. The predicted molar refractivity (Wildman–Crippen MR) is 82.6 cm³/mol. The maximum absolute atomic E-state index is 13.0. The molecule has 1 saturated heterocycles. The summed E-state index contributed by atoms with van der Waals surface area (Å²) >= 11 is 0. The molecule has 0 aliphatic carbocycles. The molecule has 0 N–H and O–H groups in total. The lowest BCUT2D eigenvalue weighted by atomic mass is 10.2. The van der Waals surface area contributed by atoms with Crippen molar-refractivity contribution in [3.05, 3.63) is 36.2 Å². The van der Waals surface area contributed by atoms with E-state index in [4.69, 9.17) is 4.74 Å². The second-order valence-electron chi connectivity index (χ2n) is 5.86. The average molecular weight is 334 g/mol. The number of hydrogen-bond acceptors (Lipinski definition) is 5. The van der Waals surface area contributed by atoms with Gasteiger partial charge in [-0.2, -0.15) is 19.3 Å². The van der Waals surface area contributed by atoms with E-state index in [-0.39, 0.29) is 6.04 Å². The second-order valence-corrected chi connectivity index (χ2v) is 7.75. The molecule has 0 unspecified atom stereocenters. The lowest BCUT2D eigenvalue weighted by molar-refractivity contribution is 0.325. The maximum Gasteiger partial charge on any atom is 0.243 e. The minimum absolute atomic E-state index is 0.100. The SMILES string of the molecule is O=S(=O)(c1ccc2c(c1)CCO2)N1CCC[C@@H]1Cn1nccn1. The Labute approximate surface area is 134 Å². The summed E-state index contributed by atoms with van der Waals surface area (Å²) in [6.45, 7) is 1.65. The van der Waals surface area contributed by atoms with E-state index in [9.17, 15) is 8.42 Å². The van der Waals surface area contributed by atoms with Crippen LogP contribution in [0.5, 0.6) is 5.75 Å². The van der Waals surface area contributed by atoms with Gasteiger partial charge in [0.05, 0.1) is 30.4 Å². The molecular weight excluding hydrogens is 316 g/mol. The van der Waals surface area contributed by atoms with Crippen LogP contribution >= 0.6 is 0 Å². The van der Waals surface area contributed by atoms with Crippen molar-refractivity contribution in [3.8, 4) is 5.75 Å². The highest BCUT2D eigenvalue weighted by atomic mass is 32.2. The summed E-state index contributed by atoms with van der Waals surface area (Å²) in [4.78, 5) is 1.90. The number of nitrogens with zero attached hydrogens (tertiary/aromatic N) is 4. The molecule has 1 aromatic heterocycles. The second kappa shape index (κ2) is 5.61. The van der Waals surface area contributed by atoms with Gasteiger partial charge in [0.2, 0.25) is 10.0 Å². The van der Waals surface area contributed by atoms with Crippen LogP contribution in [0.2, 0.25) is 0 Å². The average Bonchev–Trinajstić information content (AvgIpc) is 3.28.